The molecule has 21 heavy (non-hydrogen) atoms. The highest BCUT2D eigenvalue weighted by Crippen LogP contribution is 2.37. The van der Waals surface area contributed by atoms with E-state index >= 15 is 0 Å². The van der Waals surface area contributed by atoms with E-state index in [1.807, 2.05) is 13.1 Å². The van der Waals surface area contributed by atoms with Crippen molar-refractivity contribution >= 4 is 5.78 Å². The predicted molar refractivity (Wildman–Crippen MR) is 86.9 cm³/mol. The summed E-state index contributed by atoms with van der Waals surface area (Å²) >= 11 is 0. The third-order valence-electron chi connectivity index (χ3n) is 5.63. The van der Waals surface area contributed by atoms with Crippen molar-refractivity contribution in [3.63, 3.8) is 0 Å². The molecule has 0 unspecified atom stereocenters. The average molecular weight is 285 g/mol. The van der Waals surface area contributed by atoms with Crippen LogP contribution in [0.25, 0.3) is 0 Å². The average Bonchev–Trinajstić information content (AvgIpc) is 2.47. The molecule has 0 saturated heterocycles. The summed E-state index contributed by atoms with van der Waals surface area (Å²) in [5.74, 6) is 1.01. The zero-order valence-corrected chi connectivity index (χ0v) is 13.2. The monoisotopic (exact) mass is 285 g/mol. The van der Waals surface area contributed by atoms with E-state index in [0.29, 0.717) is 18.1 Å². The van der Waals surface area contributed by atoms with Gasteiger partial charge in [0.15, 0.2) is 5.78 Å². The summed E-state index contributed by atoms with van der Waals surface area (Å²) in [4.78, 5) is 12.7. The summed E-state index contributed by atoms with van der Waals surface area (Å²) in [6, 6.07) is 8.40. The number of benzene rings is 1. The molecule has 0 atom stereocenters. The summed E-state index contributed by atoms with van der Waals surface area (Å²) in [6.45, 7) is 0. The van der Waals surface area contributed by atoms with Crippen molar-refractivity contribution in [1.82, 2.24) is 5.32 Å². The molecule has 1 N–H and O–H groups in total. The molecule has 0 radical (unpaired) electrons. The van der Waals surface area contributed by atoms with E-state index in [2.05, 4.69) is 23.5 Å². The Kier molecular flexibility index (Phi) is 4.44. The second-order valence-electron chi connectivity index (χ2n) is 6.94. The van der Waals surface area contributed by atoms with Gasteiger partial charge in [0.1, 0.15) is 0 Å². The lowest BCUT2D eigenvalue weighted by Gasteiger charge is -2.36. The maximum absolute atomic E-state index is 12.7. The minimum Gasteiger partial charge on any atom is -0.314 e. The first kappa shape index (κ1) is 14.8. The van der Waals surface area contributed by atoms with Crippen molar-refractivity contribution in [3.8, 4) is 0 Å². The summed E-state index contributed by atoms with van der Waals surface area (Å²) in [7, 11) is 2.02. The van der Waals surface area contributed by atoms with E-state index in [1.54, 1.807) is 0 Å². The highest BCUT2D eigenvalue weighted by atomic mass is 16.1. The van der Waals surface area contributed by atoms with Crippen LogP contribution in [-0.4, -0.2) is 18.4 Å². The topological polar surface area (TPSA) is 29.1 Å². The van der Waals surface area contributed by atoms with Gasteiger partial charge in [0, 0.05) is 17.5 Å². The van der Waals surface area contributed by atoms with E-state index in [-0.39, 0.29) is 5.54 Å². The molecular weight excluding hydrogens is 258 g/mol. The Morgan fingerprint density at radius 3 is 2.57 bits per heavy atom. The van der Waals surface area contributed by atoms with Gasteiger partial charge in [-0.2, -0.15) is 0 Å². The molecule has 114 valence electrons. The number of carbonyl (C=O) groups is 1. The van der Waals surface area contributed by atoms with E-state index in [9.17, 15) is 4.79 Å². The number of rotatable bonds is 5. The lowest BCUT2D eigenvalue weighted by molar-refractivity contribution is 0.0914. The molecule has 1 aromatic carbocycles. The first-order valence-corrected chi connectivity index (χ1v) is 8.54. The fourth-order valence-corrected chi connectivity index (χ4v) is 3.86. The lowest BCUT2D eigenvalue weighted by Crippen LogP contribution is -2.46. The molecule has 2 saturated carbocycles. The third-order valence-corrected chi connectivity index (χ3v) is 5.63. The van der Waals surface area contributed by atoms with Gasteiger partial charge in [-0.25, -0.2) is 0 Å². The first-order chi connectivity index (χ1) is 10.2. The Labute approximate surface area is 128 Å². The smallest absolute Gasteiger partial charge is 0.164 e. The van der Waals surface area contributed by atoms with Crippen LogP contribution in [0, 0.1) is 0 Å². The molecule has 2 aliphatic rings. The summed E-state index contributed by atoms with van der Waals surface area (Å²) in [6.07, 6.45) is 10.6. The molecule has 0 spiro atoms. The summed E-state index contributed by atoms with van der Waals surface area (Å²) in [5, 5.41) is 3.46. The SMILES string of the molecule is CNC1(CC(=O)c2cccc(C3CCC3)c2)CCCCC1. The third kappa shape index (κ3) is 3.21. The van der Waals surface area contributed by atoms with Crippen LogP contribution < -0.4 is 5.32 Å². The van der Waals surface area contributed by atoms with Crippen LogP contribution in [0.15, 0.2) is 24.3 Å². The minimum atomic E-state index is 0.0435. The molecule has 0 aliphatic heterocycles. The highest BCUT2D eigenvalue weighted by molar-refractivity contribution is 5.97. The van der Waals surface area contributed by atoms with Crippen molar-refractivity contribution in [2.24, 2.45) is 0 Å². The van der Waals surface area contributed by atoms with Gasteiger partial charge in [-0.15, -0.1) is 0 Å². The number of nitrogens with one attached hydrogen (secondary N) is 1. The zero-order chi connectivity index (χ0) is 14.7. The Bertz CT molecular complexity index is 498. The van der Waals surface area contributed by atoms with E-state index in [0.717, 1.165) is 18.4 Å². The van der Waals surface area contributed by atoms with Crippen molar-refractivity contribution < 1.29 is 4.79 Å². The maximum Gasteiger partial charge on any atom is 0.164 e. The van der Waals surface area contributed by atoms with Gasteiger partial charge < -0.3 is 5.32 Å². The van der Waals surface area contributed by atoms with Crippen molar-refractivity contribution in [1.29, 1.82) is 0 Å². The molecule has 1 aromatic rings. The van der Waals surface area contributed by atoms with Gasteiger partial charge in [0.25, 0.3) is 0 Å². The van der Waals surface area contributed by atoms with Crippen molar-refractivity contribution in [2.75, 3.05) is 7.05 Å². The number of hydrogen-bond acceptors (Lipinski definition) is 2. The fraction of sp³-hybridized carbons (Fsp3) is 0.632. The number of hydrogen-bond donors (Lipinski definition) is 1. The van der Waals surface area contributed by atoms with Gasteiger partial charge in [-0.3, -0.25) is 4.79 Å². The Morgan fingerprint density at radius 2 is 1.95 bits per heavy atom. The molecule has 0 heterocycles. The van der Waals surface area contributed by atoms with Gasteiger partial charge in [-0.1, -0.05) is 43.9 Å². The van der Waals surface area contributed by atoms with Crippen LogP contribution >= 0.6 is 0 Å². The fourth-order valence-electron chi connectivity index (χ4n) is 3.86. The predicted octanol–water partition coefficient (Wildman–Crippen LogP) is 4.45. The number of Topliss-reactive ketones (excluding diaryl/α,β-unsaturated/α-hetero) is 1. The maximum atomic E-state index is 12.7. The number of carbonyl (C=O) groups excluding carboxylic acids is 1. The van der Waals surface area contributed by atoms with E-state index < -0.39 is 0 Å². The van der Waals surface area contributed by atoms with Crippen LogP contribution in [0.2, 0.25) is 0 Å². The highest BCUT2D eigenvalue weighted by Gasteiger charge is 2.33. The zero-order valence-electron chi connectivity index (χ0n) is 13.2. The largest absolute Gasteiger partial charge is 0.314 e. The second kappa shape index (κ2) is 6.31. The second-order valence-corrected chi connectivity index (χ2v) is 6.94. The molecule has 2 nitrogen and oxygen atoms in total. The van der Waals surface area contributed by atoms with Crippen LogP contribution in [0.1, 0.15) is 79.6 Å². The van der Waals surface area contributed by atoms with Gasteiger partial charge in [0.05, 0.1) is 0 Å². The van der Waals surface area contributed by atoms with Crippen molar-refractivity contribution in [2.45, 2.75) is 69.2 Å². The molecule has 2 aliphatic carbocycles. The molecule has 3 rings (SSSR count). The Balaban J connectivity index is 1.72. The van der Waals surface area contributed by atoms with Gasteiger partial charge in [0.2, 0.25) is 0 Å². The van der Waals surface area contributed by atoms with Gasteiger partial charge in [-0.05, 0) is 50.3 Å². The van der Waals surface area contributed by atoms with E-state index in [4.69, 9.17) is 0 Å². The van der Waals surface area contributed by atoms with Gasteiger partial charge >= 0.3 is 0 Å². The molecule has 2 heteroatoms. The summed E-state index contributed by atoms with van der Waals surface area (Å²) < 4.78 is 0. The minimum absolute atomic E-state index is 0.0435. The molecule has 2 fully saturated rings. The molecular formula is C19H27NO. The van der Waals surface area contributed by atoms with Crippen LogP contribution in [0.4, 0.5) is 0 Å². The standard InChI is InChI=1S/C19H27NO/c1-20-19(11-3-2-4-12-19)14-18(21)17-10-6-9-16(13-17)15-7-5-8-15/h6,9-10,13,15,20H,2-5,7-8,11-12,14H2,1H3. The quantitative estimate of drug-likeness (QED) is 0.810. The lowest BCUT2D eigenvalue weighted by atomic mass is 9.76. The van der Waals surface area contributed by atoms with Crippen molar-refractivity contribution in [3.05, 3.63) is 35.4 Å². The van der Waals surface area contributed by atoms with Crippen LogP contribution in [0.3, 0.4) is 0 Å². The van der Waals surface area contributed by atoms with Crippen LogP contribution in [0.5, 0.6) is 0 Å². The van der Waals surface area contributed by atoms with Crippen LogP contribution in [-0.2, 0) is 0 Å². The first-order valence-electron chi connectivity index (χ1n) is 8.54. The molecule has 0 aromatic heterocycles. The normalized spacial score (nSPS) is 21.8. The summed E-state index contributed by atoms with van der Waals surface area (Å²) in [5.41, 5.74) is 2.33. The van der Waals surface area contributed by atoms with E-state index in [1.165, 1.54) is 44.1 Å². The Morgan fingerprint density at radius 1 is 1.19 bits per heavy atom. The Hall–Kier alpha value is -1.15. The molecule has 0 bridgehead atoms. The number of ketones is 1. The molecule has 0 amide bonds.